The second-order valence-electron chi connectivity index (χ2n) is 36.1. The summed E-state index contributed by atoms with van der Waals surface area (Å²) in [6.07, 6.45) is 37.9. The molecule has 0 unspecified atom stereocenters. The van der Waals surface area contributed by atoms with E-state index in [-0.39, 0.29) is 20.6 Å². The molecule has 9 fully saturated rings. The van der Waals surface area contributed by atoms with Crippen molar-refractivity contribution in [3.05, 3.63) is 194 Å². The third kappa shape index (κ3) is 18.9. The number of carbonyl (C=O) groups is 1. The first-order chi connectivity index (χ1) is 60.3. The number of hydrogen-bond acceptors (Lipinski definition) is 22. The molecule has 0 spiro atoms. The van der Waals surface area contributed by atoms with Crippen LogP contribution in [0.5, 0.6) is 0 Å². The molecular formula is C96H117N15O7S6. The van der Waals surface area contributed by atoms with Gasteiger partial charge in [0, 0.05) is 129 Å². The van der Waals surface area contributed by atoms with Crippen LogP contribution in [-0.2, 0) is 34.9 Å². The fourth-order valence-corrected chi connectivity index (χ4v) is 27.5. The number of hydrogen-bond donors (Lipinski definition) is 1. The van der Waals surface area contributed by atoms with E-state index in [9.17, 15) is 30.0 Å². The molecule has 3 aromatic carbocycles. The molecule has 0 amide bonds. The highest BCUT2D eigenvalue weighted by molar-refractivity contribution is 7.90. The second kappa shape index (κ2) is 38.4. The Bertz CT molecular complexity index is 5750. The number of pyridine rings is 3. The summed E-state index contributed by atoms with van der Waals surface area (Å²) in [4.78, 5) is 54.6. The number of piperidine rings is 3. The Kier molecular flexibility index (Phi) is 26.9. The Morgan fingerprint density at radius 2 is 0.637 bits per heavy atom. The summed E-state index contributed by atoms with van der Waals surface area (Å²) in [6, 6.07) is 33.7. The number of likely N-dealkylation sites (tertiary alicyclic amines) is 5. The van der Waals surface area contributed by atoms with Crippen molar-refractivity contribution < 1.29 is 30.0 Å². The van der Waals surface area contributed by atoms with Crippen molar-refractivity contribution in [2.75, 3.05) is 99.7 Å². The van der Waals surface area contributed by atoms with Crippen LogP contribution >= 0.6 is 34.0 Å². The number of nitrogens with one attached hydrogen (secondary N) is 1. The van der Waals surface area contributed by atoms with Crippen molar-refractivity contribution in [2.24, 2.45) is 0 Å². The van der Waals surface area contributed by atoms with Crippen molar-refractivity contribution >= 4 is 103 Å². The number of fused-ring (bicyclic) bond motifs is 3. The Balaban J connectivity index is 0.000000123. The minimum absolute atomic E-state index is 0.223. The third-order valence-electron chi connectivity index (χ3n) is 28.0. The summed E-state index contributed by atoms with van der Waals surface area (Å²) < 4.78 is 86.6. The first kappa shape index (κ1) is 86.6. The van der Waals surface area contributed by atoms with E-state index in [1.807, 2.05) is 29.9 Å². The Morgan fingerprint density at radius 1 is 0.347 bits per heavy atom. The molecular weight excluding hydrogens is 1670 g/mol. The topological polar surface area (TPSA) is 240 Å². The van der Waals surface area contributed by atoms with E-state index in [0.29, 0.717) is 77.2 Å². The van der Waals surface area contributed by atoms with Crippen LogP contribution in [0.25, 0.3) is 66.9 Å². The molecule has 0 atom stereocenters. The van der Waals surface area contributed by atoms with E-state index in [1.165, 1.54) is 127 Å². The molecule has 9 aromatic heterocycles. The number of rotatable bonds is 17. The van der Waals surface area contributed by atoms with Gasteiger partial charge in [-0.3, -0.25) is 4.79 Å². The van der Waals surface area contributed by atoms with Crippen molar-refractivity contribution in [2.45, 2.75) is 216 Å². The zero-order valence-corrected chi connectivity index (χ0v) is 76.6. The lowest BCUT2D eigenvalue weighted by Crippen LogP contribution is -2.35. The molecule has 3 aliphatic carbocycles. The molecule has 22 nitrogen and oxygen atoms in total. The quantitative estimate of drug-likeness (QED) is 0.0891. The summed E-state index contributed by atoms with van der Waals surface area (Å²) in [6.45, 7) is 14.0. The average molecular weight is 1790 g/mol. The van der Waals surface area contributed by atoms with Gasteiger partial charge in [0.05, 0.1) is 46.8 Å². The molecule has 28 heteroatoms. The number of nitrogens with zero attached hydrogens (tertiary/aromatic N) is 14. The van der Waals surface area contributed by atoms with Gasteiger partial charge in [0.25, 0.3) is 30.1 Å². The maximum absolute atomic E-state index is 13.8. The summed E-state index contributed by atoms with van der Waals surface area (Å²) >= 11 is 5.07. The lowest BCUT2D eigenvalue weighted by atomic mass is 9.81. The normalized spacial score (nSPS) is 22.0. The van der Waals surface area contributed by atoms with Crippen LogP contribution in [0.3, 0.4) is 0 Å². The van der Waals surface area contributed by atoms with Crippen LogP contribution in [-0.4, -0.2) is 209 Å². The standard InChI is InChI=1S/2C32H39N5O2S2.C28H30N4O3S2.C4H9N/c2*1-35-17-13-24(14-18-35)32-34-30(22-40-32)29-21-37(41(38,39)27-7-3-2-4-8-27)31-28(29)19-25(20-33-31)23-9-11-26(12-10-23)36-15-5-6-16-36;1-31-13-11-20(12-14-31)28-30-26(18-36-28)25-17-32(37(34,35)23-5-3-2-4-6-23)27-24(25)15-21(16-29-27)19-7-9-22(33)10-8-19;1-2-4-5-3-1/h2*2-4,7-8,19-24,26H,5-6,9-18H2,1H3;2-6,15-20H,7-14H2,1H3;5H,1-4H2. The molecule has 6 saturated heterocycles. The van der Waals surface area contributed by atoms with Crippen molar-refractivity contribution in [1.29, 1.82) is 0 Å². The van der Waals surface area contributed by atoms with Crippen LogP contribution in [0.2, 0.25) is 0 Å². The maximum Gasteiger partial charge on any atom is 0.269 e. The van der Waals surface area contributed by atoms with Crippen LogP contribution in [0, 0.1) is 0 Å². The van der Waals surface area contributed by atoms with Gasteiger partial charge in [-0.25, -0.2) is 67.1 Å². The Morgan fingerprint density at radius 3 is 0.919 bits per heavy atom. The van der Waals surface area contributed by atoms with Crippen LogP contribution in [0.1, 0.15) is 221 Å². The number of aromatic nitrogens is 9. The lowest BCUT2D eigenvalue weighted by molar-refractivity contribution is -0.120. The van der Waals surface area contributed by atoms with Crippen LogP contribution in [0.4, 0.5) is 0 Å². The van der Waals surface area contributed by atoms with E-state index in [0.717, 1.165) is 187 Å². The van der Waals surface area contributed by atoms with Crippen molar-refractivity contribution in [3.8, 4) is 33.8 Å². The maximum atomic E-state index is 13.8. The number of benzene rings is 3. The highest BCUT2D eigenvalue weighted by Crippen LogP contribution is 2.46. The monoisotopic (exact) mass is 1780 g/mol. The molecule has 3 saturated carbocycles. The van der Waals surface area contributed by atoms with E-state index in [2.05, 4.69) is 84.9 Å². The largest absolute Gasteiger partial charge is 0.317 e. The minimum Gasteiger partial charge on any atom is -0.317 e. The predicted molar refractivity (Wildman–Crippen MR) is 498 cm³/mol. The molecule has 6 aliphatic heterocycles. The molecule has 654 valence electrons. The zero-order valence-electron chi connectivity index (χ0n) is 71.7. The van der Waals surface area contributed by atoms with E-state index < -0.39 is 30.1 Å². The highest BCUT2D eigenvalue weighted by atomic mass is 32.2. The minimum atomic E-state index is -3.84. The fraction of sp³-hybridized carbons (Fsp3) is 0.490. The van der Waals surface area contributed by atoms with E-state index >= 15 is 0 Å². The fourth-order valence-electron chi connectivity index (χ4n) is 20.5. The van der Waals surface area contributed by atoms with E-state index in [1.54, 1.807) is 138 Å². The van der Waals surface area contributed by atoms with Crippen LogP contribution in [0.15, 0.2) is 177 Å². The highest BCUT2D eigenvalue weighted by Gasteiger charge is 2.36. The SMILES string of the molecule is C1CCNC1.CN1CCC(c2nc(-c3cn(S(=O)(=O)c4ccccc4)c4ncc(C5CCC(=O)CC5)cc34)cs2)CC1.CN1CCC(c2nc(-c3cn(S(=O)(=O)c4ccccc4)c4ncc(C5CCC(N6CCCC6)CC5)cc34)cs2)CC1.CN1CCC(c2nc(-c3cn(S(=O)(=O)c4ccccc4)c4ncc(C5CCC(N6CCCC6)CC5)cc34)cs2)CC1. The number of ketones is 1. The zero-order chi connectivity index (χ0) is 85.1. The van der Waals surface area contributed by atoms with Crippen molar-refractivity contribution in [1.82, 2.24) is 71.6 Å². The summed E-state index contributed by atoms with van der Waals surface area (Å²) in [7, 11) is -4.95. The van der Waals surface area contributed by atoms with Gasteiger partial charge >= 0.3 is 0 Å². The van der Waals surface area contributed by atoms with Gasteiger partial charge < -0.3 is 29.8 Å². The molecule has 12 aromatic rings. The van der Waals surface area contributed by atoms with Crippen molar-refractivity contribution in [3.63, 3.8) is 0 Å². The van der Waals surface area contributed by atoms with Gasteiger partial charge in [-0.2, -0.15) is 0 Å². The van der Waals surface area contributed by atoms with Crippen LogP contribution < -0.4 is 5.32 Å². The molecule has 15 heterocycles. The number of carbonyl (C=O) groups excluding carboxylic acids is 1. The molecule has 0 radical (unpaired) electrons. The third-order valence-corrected chi connectivity index (χ3v) is 36.0. The van der Waals surface area contributed by atoms with Gasteiger partial charge in [0.15, 0.2) is 16.9 Å². The number of thiazole rings is 3. The Labute approximate surface area is 743 Å². The van der Waals surface area contributed by atoms with Gasteiger partial charge in [-0.15, -0.1) is 34.0 Å². The smallest absolute Gasteiger partial charge is 0.269 e. The Hall–Kier alpha value is -8.10. The van der Waals surface area contributed by atoms with Gasteiger partial charge in [-0.05, 0) is 330 Å². The first-order valence-corrected chi connectivity index (χ1v) is 52.4. The molecule has 0 bridgehead atoms. The molecule has 9 aliphatic rings. The molecule has 21 rings (SSSR count). The van der Waals surface area contributed by atoms with Gasteiger partial charge in [-0.1, -0.05) is 54.6 Å². The number of Topliss-reactive ketones (excluding diaryl/α,β-unsaturated/α-hetero) is 1. The summed E-state index contributed by atoms with van der Waals surface area (Å²) in [5.41, 5.74) is 9.86. The predicted octanol–water partition coefficient (Wildman–Crippen LogP) is 18.5. The average Bonchev–Trinajstić information content (AvgIpc) is 1.60. The van der Waals surface area contributed by atoms with E-state index in [4.69, 9.17) is 24.9 Å². The first-order valence-electron chi connectivity index (χ1n) is 45.4. The molecule has 124 heavy (non-hydrogen) atoms. The lowest BCUT2D eigenvalue weighted by Gasteiger charge is -2.34. The van der Waals surface area contributed by atoms with Gasteiger partial charge in [0.2, 0.25) is 0 Å². The second-order valence-corrected chi connectivity index (χ2v) is 44.2. The summed E-state index contributed by atoms with van der Waals surface area (Å²) in [5, 5.41) is 15.5. The molecule has 1 N–H and O–H groups in total. The summed E-state index contributed by atoms with van der Waals surface area (Å²) in [5.74, 6) is 2.84. The van der Waals surface area contributed by atoms with Gasteiger partial charge in [0.1, 0.15) is 5.78 Å².